The number of aromatic nitrogens is 5. The standard InChI is InChI=1S/C20H15N7.C2H4O2/c21-20-23-7-5-18(26-20)25-14-8-13-11-24-27-19(13)17(9-14)16-3-1-2-12-10-22-6-4-15(12)16;1-2(3)4/h1-11H,(H,24,27)(H3,21,23,25,26);1H3,(H,3,4). The number of carbonyl (C=O) groups is 1. The number of carboxylic acid groups (broad SMARTS) is 1. The van der Waals surface area contributed by atoms with Crippen LogP contribution in [-0.4, -0.2) is 36.2 Å². The molecule has 0 unspecified atom stereocenters. The van der Waals surface area contributed by atoms with E-state index in [0.29, 0.717) is 5.82 Å². The van der Waals surface area contributed by atoms with E-state index in [9.17, 15) is 0 Å². The molecule has 0 spiro atoms. The summed E-state index contributed by atoms with van der Waals surface area (Å²) in [5.74, 6) is 0.0320. The Balaban J connectivity index is 0.000000535. The predicted molar refractivity (Wildman–Crippen MR) is 120 cm³/mol. The van der Waals surface area contributed by atoms with Gasteiger partial charge in [-0.1, -0.05) is 18.2 Å². The fraction of sp³-hybridized carbons (Fsp3) is 0.0455. The molecule has 0 amide bonds. The number of hydrogen-bond acceptors (Lipinski definition) is 7. The van der Waals surface area contributed by atoms with Crippen LogP contribution in [0.4, 0.5) is 17.5 Å². The molecule has 0 saturated heterocycles. The number of benzene rings is 2. The molecule has 9 nitrogen and oxygen atoms in total. The van der Waals surface area contributed by atoms with Gasteiger partial charge in [0.2, 0.25) is 5.95 Å². The zero-order valence-corrected chi connectivity index (χ0v) is 16.6. The zero-order chi connectivity index (χ0) is 21.8. The topological polar surface area (TPSA) is 143 Å². The maximum atomic E-state index is 9.00. The number of nitrogens with two attached hydrogens (primary N) is 1. The summed E-state index contributed by atoms with van der Waals surface area (Å²) < 4.78 is 0. The third-order valence-corrected chi connectivity index (χ3v) is 4.47. The maximum absolute atomic E-state index is 9.00. The van der Waals surface area contributed by atoms with Gasteiger partial charge in [0, 0.05) is 47.5 Å². The molecule has 2 aromatic carbocycles. The van der Waals surface area contributed by atoms with Crippen molar-refractivity contribution in [2.24, 2.45) is 0 Å². The van der Waals surface area contributed by atoms with Gasteiger partial charge in [0.15, 0.2) is 0 Å². The Kier molecular flexibility index (Phi) is 5.39. The van der Waals surface area contributed by atoms with Crippen molar-refractivity contribution in [1.29, 1.82) is 0 Å². The molecule has 3 heterocycles. The third kappa shape index (κ3) is 4.40. The van der Waals surface area contributed by atoms with Crippen LogP contribution in [0, 0.1) is 0 Å². The Labute approximate surface area is 177 Å². The van der Waals surface area contributed by atoms with Crippen molar-refractivity contribution < 1.29 is 9.90 Å². The molecular formula is C22H19N7O2. The molecule has 0 aliphatic rings. The van der Waals surface area contributed by atoms with Crippen LogP contribution in [0.15, 0.2) is 67.3 Å². The summed E-state index contributed by atoms with van der Waals surface area (Å²) in [6.07, 6.45) is 7.11. The van der Waals surface area contributed by atoms with Crippen molar-refractivity contribution >= 4 is 45.1 Å². The first kappa shape index (κ1) is 19.8. The minimum absolute atomic E-state index is 0.228. The lowest BCUT2D eigenvalue weighted by atomic mass is 9.97. The second-order valence-electron chi connectivity index (χ2n) is 6.70. The van der Waals surface area contributed by atoms with Crippen LogP contribution in [0.2, 0.25) is 0 Å². The predicted octanol–water partition coefficient (Wildman–Crippen LogP) is 3.98. The minimum atomic E-state index is -0.833. The summed E-state index contributed by atoms with van der Waals surface area (Å²) in [4.78, 5) is 21.4. The fourth-order valence-corrected chi connectivity index (χ4v) is 3.29. The first-order valence-corrected chi connectivity index (χ1v) is 9.36. The molecule has 0 fully saturated rings. The molecule has 5 aromatic rings. The highest BCUT2D eigenvalue weighted by Crippen LogP contribution is 2.35. The van der Waals surface area contributed by atoms with E-state index in [0.717, 1.165) is 45.4 Å². The smallest absolute Gasteiger partial charge is 0.300 e. The Morgan fingerprint density at radius 1 is 1.06 bits per heavy atom. The van der Waals surface area contributed by atoms with Gasteiger partial charge >= 0.3 is 0 Å². The summed E-state index contributed by atoms with van der Waals surface area (Å²) in [7, 11) is 0. The van der Waals surface area contributed by atoms with Gasteiger partial charge < -0.3 is 16.2 Å². The van der Waals surface area contributed by atoms with Crippen molar-refractivity contribution in [2.75, 3.05) is 11.1 Å². The number of hydrogen-bond donors (Lipinski definition) is 4. The molecule has 5 N–H and O–H groups in total. The molecule has 0 saturated carbocycles. The molecule has 0 atom stereocenters. The van der Waals surface area contributed by atoms with Gasteiger partial charge in [0.05, 0.1) is 11.7 Å². The maximum Gasteiger partial charge on any atom is 0.300 e. The van der Waals surface area contributed by atoms with Crippen molar-refractivity contribution in [1.82, 2.24) is 25.1 Å². The van der Waals surface area contributed by atoms with E-state index in [2.05, 4.69) is 48.7 Å². The largest absolute Gasteiger partial charge is 0.481 e. The molecule has 0 radical (unpaired) electrons. The van der Waals surface area contributed by atoms with Crippen LogP contribution in [0.25, 0.3) is 32.8 Å². The van der Waals surface area contributed by atoms with Crippen molar-refractivity contribution in [2.45, 2.75) is 6.92 Å². The van der Waals surface area contributed by atoms with E-state index in [1.165, 1.54) is 0 Å². The SMILES string of the molecule is CC(=O)O.Nc1nccc(Nc2cc(-c3cccc4cnccc34)c3[nH]ncc3c2)n1. The number of pyridine rings is 1. The molecular weight excluding hydrogens is 394 g/mol. The fourth-order valence-electron chi connectivity index (χ4n) is 3.29. The van der Waals surface area contributed by atoms with Gasteiger partial charge in [-0.15, -0.1) is 0 Å². The summed E-state index contributed by atoms with van der Waals surface area (Å²) >= 11 is 0. The summed E-state index contributed by atoms with van der Waals surface area (Å²) in [5.41, 5.74) is 9.71. The number of nitrogens with zero attached hydrogens (tertiary/aromatic N) is 4. The second-order valence-corrected chi connectivity index (χ2v) is 6.70. The number of aromatic amines is 1. The lowest BCUT2D eigenvalue weighted by Crippen LogP contribution is -1.99. The van der Waals surface area contributed by atoms with E-state index in [1.807, 2.05) is 36.8 Å². The summed E-state index contributed by atoms with van der Waals surface area (Å²) in [6.45, 7) is 1.08. The van der Waals surface area contributed by atoms with Crippen LogP contribution in [0.3, 0.4) is 0 Å². The number of anilines is 3. The van der Waals surface area contributed by atoms with Crippen LogP contribution in [-0.2, 0) is 4.79 Å². The van der Waals surface area contributed by atoms with E-state index in [-0.39, 0.29) is 5.95 Å². The Bertz CT molecular complexity index is 1370. The van der Waals surface area contributed by atoms with E-state index < -0.39 is 5.97 Å². The number of carboxylic acids is 1. The Hall–Kier alpha value is -4.53. The van der Waals surface area contributed by atoms with Crippen LogP contribution in [0.1, 0.15) is 6.92 Å². The van der Waals surface area contributed by atoms with Crippen LogP contribution >= 0.6 is 0 Å². The van der Waals surface area contributed by atoms with Crippen molar-refractivity contribution in [3.8, 4) is 11.1 Å². The molecule has 9 heteroatoms. The average molecular weight is 413 g/mol. The lowest BCUT2D eigenvalue weighted by molar-refractivity contribution is -0.134. The van der Waals surface area contributed by atoms with E-state index in [4.69, 9.17) is 15.6 Å². The van der Waals surface area contributed by atoms with Crippen molar-refractivity contribution in [3.05, 3.63) is 67.3 Å². The molecule has 5 rings (SSSR count). The van der Waals surface area contributed by atoms with Crippen LogP contribution < -0.4 is 11.1 Å². The summed E-state index contributed by atoms with van der Waals surface area (Å²) in [6, 6.07) is 14.1. The zero-order valence-electron chi connectivity index (χ0n) is 16.6. The lowest BCUT2D eigenvalue weighted by Gasteiger charge is -2.12. The Morgan fingerprint density at radius 2 is 1.90 bits per heavy atom. The Morgan fingerprint density at radius 3 is 2.71 bits per heavy atom. The molecule has 0 aliphatic carbocycles. The highest BCUT2D eigenvalue weighted by molar-refractivity contribution is 6.05. The third-order valence-electron chi connectivity index (χ3n) is 4.47. The first-order valence-electron chi connectivity index (χ1n) is 9.36. The highest BCUT2D eigenvalue weighted by atomic mass is 16.4. The van der Waals surface area contributed by atoms with Gasteiger partial charge in [0.1, 0.15) is 5.82 Å². The molecule has 0 aliphatic heterocycles. The monoisotopic (exact) mass is 413 g/mol. The minimum Gasteiger partial charge on any atom is -0.481 e. The molecule has 0 bridgehead atoms. The number of nitrogen functional groups attached to an aromatic ring is 1. The van der Waals surface area contributed by atoms with Gasteiger partial charge in [0.25, 0.3) is 5.97 Å². The number of fused-ring (bicyclic) bond motifs is 2. The number of H-pyrrole nitrogens is 1. The van der Waals surface area contributed by atoms with Crippen molar-refractivity contribution in [3.63, 3.8) is 0 Å². The summed E-state index contributed by atoms with van der Waals surface area (Å²) in [5, 5.41) is 21.3. The molecule has 3 aromatic heterocycles. The van der Waals surface area contributed by atoms with E-state index in [1.54, 1.807) is 12.3 Å². The second kappa shape index (κ2) is 8.46. The number of aliphatic carboxylic acids is 1. The van der Waals surface area contributed by atoms with Gasteiger partial charge in [-0.2, -0.15) is 10.1 Å². The van der Waals surface area contributed by atoms with E-state index >= 15 is 0 Å². The quantitative estimate of drug-likeness (QED) is 0.348. The van der Waals surface area contributed by atoms with Crippen LogP contribution in [0.5, 0.6) is 0 Å². The highest BCUT2D eigenvalue weighted by Gasteiger charge is 2.12. The number of rotatable bonds is 3. The normalized spacial score (nSPS) is 10.5. The van der Waals surface area contributed by atoms with Gasteiger partial charge in [-0.3, -0.25) is 14.9 Å². The van der Waals surface area contributed by atoms with Gasteiger partial charge in [-0.05, 0) is 35.2 Å². The molecule has 31 heavy (non-hydrogen) atoms. The molecule has 154 valence electrons. The first-order chi connectivity index (χ1) is 15.0. The number of nitrogens with one attached hydrogen (secondary N) is 2. The average Bonchev–Trinajstić information content (AvgIpc) is 3.21. The van der Waals surface area contributed by atoms with Gasteiger partial charge in [-0.25, -0.2) is 4.98 Å².